The number of nitrogens with zero attached hydrogens (tertiary/aromatic N) is 1. The molecule has 146 valence electrons. The number of anilines is 2. The van der Waals surface area contributed by atoms with Crippen LogP contribution >= 0.6 is 0 Å². The van der Waals surface area contributed by atoms with E-state index in [0.717, 1.165) is 0 Å². The first kappa shape index (κ1) is 19.7. The van der Waals surface area contributed by atoms with Gasteiger partial charge in [0.15, 0.2) is 0 Å². The Morgan fingerprint density at radius 3 is 2.03 bits per heavy atom. The molecular weight excluding hydrogens is 377 g/mol. The molecule has 0 bridgehead atoms. The van der Waals surface area contributed by atoms with Gasteiger partial charge < -0.3 is 15.4 Å². The van der Waals surface area contributed by atoms with Crippen molar-refractivity contribution in [2.24, 2.45) is 0 Å². The van der Waals surface area contributed by atoms with Crippen LogP contribution < -0.4 is 10.6 Å². The highest BCUT2D eigenvalue weighted by Crippen LogP contribution is 2.14. The van der Waals surface area contributed by atoms with E-state index in [1.165, 1.54) is 61.8 Å². The maximum absolute atomic E-state index is 13.0. The lowest BCUT2D eigenvalue weighted by molar-refractivity contribution is 0.0600. The Balaban J connectivity index is 1.69. The Bertz CT molecular complexity index is 1050. The number of benzene rings is 2. The monoisotopic (exact) mass is 393 g/mol. The average molecular weight is 393 g/mol. The third-order valence-electron chi connectivity index (χ3n) is 3.92. The number of halogens is 1. The number of hydrogen-bond donors (Lipinski definition) is 2. The number of esters is 1. The van der Waals surface area contributed by atoms with Gasteiger partial charge in [0.1, 0.15) is 11.5 Å². The van der Waals surface area contributed by atoms with E-state index in [0.29, 0.717) is 16.9 Å². The first-order valence-corrected chi connectivity index (χ1v) is 8.49. The molecule has 2 N–H and O–H groups in total. The molecule has 29 heavy (non-hydrogen) atoms. The van der Waals surface area contributed by atoms with Crippen molar-refractivity contribution in [3.8, 4) is 0 Å². The molecule has 3 aromatic rings. The van der Waals surface area contributed by atoms with E-state index in [1.54, 1.807) is 12.1 Å². The molecular formula is C21H16FN3O4. The number of aromatic nitrogens is 1. The Morgan fingerprint density at radius 1 is 0.828 bits per heavy atom. The Labute approximate surface area is 165 Å². The first-order chi connectivity index (χ1) is 14.0. The van der Waals surface area contributed by atoms with Gasteiger partial charge in [-0.05, 0) is 60.7 Å². The molecule has 0 spiro atoms. The van der Waals surface area contributed by atoms with Crippen LogP contribution in [0.15, 0.2) is 66.9 Å². The SMILES string of the molecule is COC(=O)c1ccc(NC(=O)c2cc(C(=O)Nc3ccc(F)cc3)ccn2)cc1. The number of amides is 2. The molecule has 0 atom stereocenters. The third-order valence-corrected chi connectivity index (χ3v) is 3.92. The summed E-state index contributed by atoms with van der Waals surface area (Å²) in [6.45, 7) is 0. The van der Waals surface area contributed by atoms with Gasteiger partial charge in [0.2, 0.25) is 0 Å². The van der Waals surface area contributed by atoms with Crippen molar-refractivity contribution in [2.75, 3.05) is 17.7 Å². The van der Waals surface area contributed by atoms with Gasteiger partial charge in [0.05, 0.1) is 12.7 Å². The second kappa shape index (κ2) is 8.75. The molecule has 0 radical (unpaired) electrons. The van der Waals surface area contributed by atoms with Crippen LogP contribution in [0.2, 0.25) is 0 Å². The zero-order valence-corrected chi connectivity index (χ0v) is 15.3. The third kappa shape index (κ3) is 5.01. The molecule has 0 aliphatic carbocycles. The second-order valence-electron chi connectivity index (χ2n) is 5.91. The topological polar surface area (TPSA) is 97.4 Å². The van der Waals surface area contributed by atoms with Crippen molar-refractivity contribution >= 4 is 29.2 Å². The molecule has 0 saturated carbocycles. The Kier molecular flexibility index (Phi) is 5.94. The lowest BCUT2D eigenvalue weighted by atomic mass is 10.2. The number of carbonyl (C=O) groups excluding carboxylic acids is 3. The summed E-state index contributed by atoms with van der Waals surface area (Å²) in [5.74, 6) is -1.88. The van der Waals surface area contributed by atoms with Gasteiger partial charge in [-0.2, -0.15) is 0 Å². The molecule has 1 heterocycles. The van der Waals surface area contributed by atoms with Gasteiger partial charge >= 0.3 is 5.97 Å². The van der Waals surface area contributed by atoms with E-state index in [9.17, 15) is 18.8 Å². The Hall–Kier alpha value is -4.07. The average Bonchev–Trinajstić information content (AvgIpc) is 2.75. The van der Waals surface area contributed by atoms with Crippen LogP contribution in [-0.2, 0) is 4.74 Å². The molecule has 8 heteroatoms. The van der Waals surface area contributed by atoms with Crippen LogP contribution in [0.1, 0.15) is 31.2 Å². The molecule has 2 amide bonds. The number of ether oxygens (including phenoxy) is 1. The molecule has 2 aromatic carbocycles. The minimum atomic E-state index is -0.521. The minimum absolute atomic E-state index is 0.0359. The first-order valence-electron chi connectivity index (χ1n) is 8.49. The number of methoxy groups -OCH3 is 1. The minimum Gasteiger partial charge on any atom is -0.465 e. The summed E-state index contributed by atoms with van der Waals surface area (Å²) >= 11 is 0. The molecule has 0 fully saturated rings. The highest BCUT2D eigenvalue weighted by molar-refractivity contribution is 6.07. The van der Waals surface area contributed by atoms with E-state index < -0.39 is 23.6 Å². The van der Waals surface area contributed by atoms with Crippen molar-refractivity contribution < 1.29 is 23.5 Å². The normalized spacial score (nSPS) is 10.1. The van der Waals surface area contributed by atoms with Crippen LogP contribution in [0, 0.1) is 5.82 Å². The van der Waals surface area contributed by atoms with Gasteiger partial charge in [-0.15, -0.1) is 0 Å². The molecule has 3 rings (SSSR count). The van der Waals surface area contributed by atoms with Gasteiger partial charge in [-0.1, -0.05) is 0 Å². The zero-order chi connectivity index (χ0) is 20.8. The van der Waals surface area contributed by atoms with E-state index in [-0.39, 0.29) is 11.3 Å². The number of carbonyl (C=O) groups is 3. The standard InChI is InChI=1S/C21H16FN3O4/c1-29-21(28)13-2-6-16(7-3-13)25-20(27)18-12-14(10-11-23-18)19(26)24-17-8-4-15(22)5-9-17/h2-12H,1H3,(H,24,26)(H,25,27). The summed E-state index contributed by atoms with van der Waals surface area (Å²) in [4.78, 5) is 40.2. The maximum atomic E-state index is 13.0. The number of nitrogens with one attached hydrogen (secondary N) is 2. The van der Waals surface area contributed by atoms with E-state index in [1.807, 2.05) is 0 Å². The highest BCUT2D eigenvalue weighted by atomic mass is 19.1. The van der Waals surface area contributed by atoms with Gasteiger partial charge in [-0.3, -0.25) is 14.6 Å². The Morgan fingerprint density at radius 2 is 1.41 bits per heavy atom. The number of hydrogen-bond acceptors (Lipinski definition) is 5. The van der Waals surface area contributed by atoms with Crippen LogP contribution in [0.3, 0.4) is 0 Å². The van der Waals surface area contributed by atoms with Crippen LogP contribution in [0.5, 0.6) is 0 Å². The zero-order valence-electron chi connectivity index (χ0n) is 15.3. The van der Waals surface area contributed by atoms with Crippen LogP contribution in [0.25, 0.3) is 0 Å². The van der Waals surface area contributed by atoms with Crippen LogP contribution in [-0.4, -0.2) is 29.9 Å². The largest absolute Gasteiger partial charge is 0.465 e. The van der Waals surface area contributed by atoms with Crippen LogP contribution in [0.4, 0.5) is 15.8 Å². The molecule has 0 saturated heterocycles. The van der Waals surface area contributed by atoms with Crippen molar-refractivity contribution in [1.82, 2.24) is 4.98 Å². The molecule has 1 aromatic heterocycles. The fraction of sp³-hybridized carbons (Fsp3) is 0.0476. The lowest BCUT2D eigenvalue weighted by Crippen LogP contribution is -2.17. The second-order valence-corrected chi connectivity index (χ2v) is 5.91. The molecule has 7 nitrogen and oxygen atoms in total. The smallest absolute Gasteiger partial charge is 0.337 e. The van der Waals surface area contributed by atoms with Crippen molar-refractivity contribution in [3.63, 3.8) is 0 Å². The summed E-state index contributed by atoms with van der Waals surface area (Å²) in [5, 5.41) is 5.25. The molecule has 0 aliphatic rings. The predicted octanol–water partition coefficient (Wildman–Crippen LogP) is 3.51. The van der Waals surface area contributed by atoms with Gasteiger partial charge in [0.25, 0.3) is 11.8 Å². The summed E-state index contributed by atoms with van der Waals surface area (Å²) in [6.07, 6.45) is 1.34. The quantitative estimate of drug-likeness (QED) is 0.647. The summed E-state index contributed by atoms with van der Waals surface area (Å²) in [5.41, 5.74) is 1.47. The predicted molar refractivity (Wildman–Crippen MR) is 104 cm³/mol. The summed E-state index contributed by atoms with van der Waals surface area (Å²) < 4.78 is 17.6. The van der Waals surface area contributed by atoms with E-state index >= 15 is 0 Å². The summed E-state index contributed by atoms with van der Waals surface area (Å²) in [6, 6.07) is 14.3. The van der Waals surface area contributed by atoms with E-state index in [2.05, 4.69) is 20.4 Å². The summed E-state index contributed by atoms with van der Waals surface area (Å²) in [7, 11) is 1.28. The van der Waals surface area contributed by atoms with E-state index in [4.69, 9.17) is 0 Å². The fourth-order valence-corrected chi connectivity index (χ4v) is 2.44. The number of rotatable bonds is 5. The lowest BCUT2D eigenvalue weighted by Gasteiger charge is -2.08. The highest BCUT2D eigenvalue weighted by Gasteiger charge is 2.13. The van der Waals surface area contributed by atoms with Crippen molar-refractivity contribution in [3.05, 3.63) is 89.5 Å². The fourth-order valence-electron chi connectivity index (χ4n) is 2.44. The number of pyridine rings is 1. The van der Waals surface area contributed by atoms with Gasteiger partial charge in [-0.25, -0.2) is 9.18 Å². The molecule has 0 unspecified atom stereocenters. The maximum Gasteiger partial charge on any atom is 0.337 e. The van der Waals surface area contributed by atoms with Crippen molar-refractivity contribution in [2.45, 2.75) is 0 Å². The molecule has 0 aliphatic heterocycles. The van der Waals surface area contributed by atoms with Crippen molar-refractivity contribution in [1.29, 1.82) is 0 Å². The van der Waals surface area contributed by atoms with Gasteiger partial charge in [0, 0.05) is 23.1 Å².